The van der Waals surface area contributed by atoms with E-state index in [1.165, 1.54) is 11.1 Å². The van der Waals surface area contributed by atoms with Gasteiger partial charge in [-0.1, -0.05) is 56.7 Å². The molecule has 0 aliphatic heterocycles. The predicted octanol–water partition coefficient (Wildman–Crippen LogP) is 4.97. The van der Waals surface area contributed by atoms with E-state index in [4.69, 9.17) is 4.74 Å². The van der Waals surface area contributed by atoms with Crippen LogP contribution in [-0.4, -0.2) is 24.3 Å². The van der Waals surface area contributed by atoms with Crippen molar-refractivity contribution in [2.45, 2.75) is 50.2 Å². The fraction of sp³-hybridized carbons (Fsp3) is 0.409. The van der Waals surface area contributed by atoms with Crippen molar-refractivity contribution in [1.82, 2.24) is 5.32 Å². The molecule has 0 spiro atoms. The molecule has 4 heteroatoms. The number of benzene rings is 2. The van der Waals surface area contributed by atoms with Crippen molar-refractivity contribution in [3.8, 4) is 5.75 Å². The van der Waals surface area contributed by atoms with E-state index in [0.717, 1.165) is 10.6 Å². The van der Waals surface area contributed by atoms with E-state index in [-0.39, 0.29) is 16.6 Å². The number of carbonyl (C=O) groups excluding carboxylic acids is 1. The first-order valence-electron chi connectivity index (χ1n) is 9.01. The smallest absolute Gasteiger partial charge is 0.233 e. The van der Waals surface area contributed by atoms with Crippen LogP contribution in [-0.2, 0) is 10.2 Å². The lowest BCUT2D eigenvalue weighted by molar-refractivity contribution is -0.120. The monoisotopic (exact) mass is 371 g/mol. The standard InChI is InChI=1S/C22H29NO2S/c1-16-10-12-18(13-11-16)26-17(2)21(24)23-14-15-25-20-9-7-6-8-19(20)22(3,4)5/h6-13,17H,14-15H2,1-5H3,(H,23,24)/t17-/m1/s1. The van der Waals surface area contributed by atoms with Crippen molar-refractivity contribution in [1.29, 1.82) is 0 Å². The molecule has 140 valence electrons. The summed E-state index contributed by atoms with van der Waals surface area (Å²) in [5.41, 5.74) is 2.42. The van der Waals surface area contributed by atoms with Crippen LogP contribution in [0.15, 0.2) is 53.4 Å². The van der Waals surface area contributed by atoms with E-state index in [2.05, 4.69) is 63.3 Å². The molecule has 1 atom stereocenters. The van der Waals surface area contributed by atoms with Crippen LogP contribution in [0.3, 0.4) is 0 Å². The lowest BCUT2D eigenvalue weighted by atomic mass is 9.86. The summed E-state index contributed by atoms with van der Waals surface area (Å²) in [5.74, 6) is 0.916. The van der Waals surface area contributed by atoms with E-state index in [1.807, 2.05) is 25.1 Å². The van der Waals surface area contributed by atoms with Gasteiger partial charge in [0.05, 0.1) is 11.8 Å². The molecule has 2 aromatic carbocycles. The Labute approximate surface area is 161 Å². The minimum atomic E-state index is -0.139. The number of hydrogen-bond acceptors (Lipinski definition) is 3. The molecule has 1 N–H and O–H groups in total. The molecule has 26 heavy (non-hydrogen) atoms. The summed E-state index contributed by atoms with van der Waals surface area (Å²) in [7, 11) is 0. The van der Waals surface area contributed by atoms with Crippen molar-refractivity contribution >= 4 is 17.7 Å². The van der Waals surface area contributed by atoms with Crippen molar-refractivity contribution in [3.05, 3.63) is 59.7 Å². The molecule has 0 fully saturated rings. The van der Waals surface area contributed by atoms with E-state index in [0.29, 0.717) is 13.2 Å². The molecule has 3 nitrogen and oxygen atoms in total. The van der Waals surface area contributed by atoms with Crippen LogP contribution >= 0.6 is 11.8 Å². The fourth-order valence-corrected chi connectivity index (χ4v) is 3.46. The summed E-state index contributed by atoms with van der Waals surface area (Å²) in [4.78, 5) is 13.4. The third-order valence-electron chi connectivity index (χ3n) is 4.06. The van der Waals surface area contributed by atoms with Gasteiger partial charge < -0.3 is 10.1 Å². The first-order valence-corrected chi connectivity index (χ1v) is 9.88. The molecule has 0 radical (unpaired) electrons. The van der Waals surface area contributed by atoms with Crippen molar-refractivity contribution < 1.29 is 9.53 Å². The van der Waals surface area contributed by atoms with Crippen molar-refractivity contribution in [3.63, 3.8) is 0 Å². The highest BCUT2D eigenvalue weighted by Gasteiger charge is 2.18. The zero-order chi connectivity index (χ0) is 19.2. The molecule has 0 aliphatic rings. The van der Waals surface area contributed by atoms with Gasteiger partial charge in [0.25, 0.3) is 0 Å². The molecule has 0 heterocycles. The topological polar surface area (TPSA) is 38.3 Å². The average molecular weight is 372 g/mol. The van der Waals surface area contributed by atoms with Crippen LogP contribution in [0.25, 0.3) is 0 Å². The number of rotatable bonds is 7. The Hall–Kier alpha value is -1.94. The zero-order valence-corrected chi connectivity index (χ0v) is 17.2. The van der Waals surface area contributed by atoms with E-state index < -0.39 is 0 Å². The summed E-state index contributed by atoms with van der Waals surface area (Å²) in [6.07, 6.45) is 0. The lowest BCUT2D eigenvalue weighted by Crippen LogP contribution is -2.34. The summed E-state index contributed by atoms with van der Waals surface area (Å²) in [6.45, 7) is 11.4. The molecular formula is C22H29NO2S. The Balaban J connectivity index is 1.79. The number of para-hydroxylation sites is 1. The average Bonchev–Trinajstić information content (AvgIpc) is 2.60. The first-order chi connectivity index (χ1) is 12.3. The third kappa shape index (κ3) is 6.10. The lowest BCUT2D eigenvalue weighted by Gasteiger charge is -2.22. The molecule has 0 bridgehead atoms. The molecular weight excluding hydrogens is 342 g/mol. The Morgan fingerprint density at radius 2 is 1.77 bits per heavy atom. The SMILES string of the molecule is Cc1ccc(S[C@H](C)C(=O)NCCOc2ccccc2C(C)(C)C)cc1. The zero-order valence-electron chi connectivity index (χ0n) is 16.3. The largest absolute Gasteiger partial charge is 0.491 e. The van der Waals surface area contributed by atoms with Gasteiger partial charge in [-0.05, 0) is 43.0 Å². The number of thioether (sulfide) groups is 1. The van der Waals surface area contributed by atoms with Gasteiger partial charge in [-0.25, -0.2) is 0 Å². The second-order valence-electron chi connectivity index (χ2n) is 7.46. The minimum Gasteiger partial charge on any atom is -0.491 e. The van der Waals surface area contributed by atoms with Gasteiger partial charge in [0.1, 0.15) is 12.4 Å². The van der Waals surface area contributed by atoms with Gasteiger partial charge in [-0.2, -0.15) is 0 Å². The van der Waals surface area contributed by atoms with Gasteiger partial charge in [-0.3, -0.25) is 4.79 Å². The molecule has 0 saturated carbocycles. The van der Waals surface area contributed by atoms with Crippen LogP contribution < -0.4 is 10.1 Å². The predicted molar refractivity (Wildman–Crippen MR) is 110 cm³/mol. The molecule has 1 amide bonds. The normalized spacial score (nSPS) is 12.5. The highest BCUT2D eigenvalue weighted by molar-refractivity contribution is 8.00. The summed E-state index contributed by atoms with van der Waals surface area (Å²) in [5, 5.41) is 2.82. The fourth-order valence-electron chi connectivity index (χ4n) is 2.57. The van der Waals surface area contributed by atoms with Crippen LogP contribution in [0.4, 0.5) is 0 Å². The molecule has 0 aromatic heterocycles. The molecule has 2 rings (SSSR count). The second-order valence-corrected chi connectivity index (χ2v) is 8.87. The quantitative estimate of drug-likeness (QED) is 0.552. The van der Waals surface area contributed by atoms with Crippen LogP contribution in [0.2, 0.25) is 0 Å². The Morgan fingerprint density at radius 1 is 1.12 bits per heavy atom. The van der Waals surface area contributed by atoms with Gasteiger partial charge in [0.2, 0.25) is 5.91 Å². The van der Waals surface area contributed by atoms with Crippen molar-refractivity contribution in [2.24, 2.45) is 0 Å². The maximum Gasteiger partial charge on any atom is 0.233 e. The maximum absolute atomic E-state index is 12.3. The Bertz CT molecular complexity index is 720. The molecule has 0 saturated heterocycles. The van der Waals surface area contributed by atoms with Crippen LogP contribution in [0.1, 0.15) is 38.8 Å². The van der Waals surface area contributed by atoms with E-state index >= 15 is 0 Å². The maximum atomic E-state index is 12.3. The highest BCUT2D eigenvalue weighted by Crippen LogP contribution is 2.30. The Kier molecular flexibility index (Phi) is 7.15. The minimum absolute atomic E-state index is 0.0268. The molecule has 2 aromatic rings. The van der Waals surface area contributed by atoms with Gasteiger partial charge >= 0.3 is 0 Å². The number of amides is 1. The summed E-state index contributed by atoms with van der Waals surface area (Å²) >= 11 is 1.57. The summed E-state index contributed by atoms with van der Waals surface area (Å²) in [6, 6.07) is 16.3. The number of hydrogen-bond donors (Lipinski definition) is 1. The first kappa shape index (κ1) is 20.4. The highest BCUT2D eigenvalue weighted by atomic mass is 32.2. The van der Waals surface area contributed by atoms with E-state index in [9.17, 15) is 4.79 Å². The number of nitrogens with one attached hydrogen (secondary N) is 1. The van der Waals surface area contributed by atoms with Gasteiger partial charge in [0, 0.05) is 4.90 Å². The number of carbonyl (C=O) groups is 1. The second kappa shape index (κ2) is 9.13. The van der Waals surface area contributed by atoms with Gasteiger partial charge in [0.15, 0.2) is 0 Å². The molecule has 0 aliphatic carbocycles. The Morgan fingerprint density at radius 3 is 2.42 bits per heavy atom. The summed E-state index contributed by atoms with van der Waals surface area (Å²) < 4.78 is 5.90. The van der Waals surface area contributed by atoms with Gasteiger partial charge in [-0.15, -0.1) is 11.8 Å². The third-order valence-corrected chi connectivity index (χ3v) is 5.17. The van der Waals surface area contributed by atoms with E-state index in [1.54, 1.807) is 11.8 Å². The van der Waals surface area contributed by atoms with Crippen LogP contribution in [0.5, 0.6) is 5.75 Å². The van der Waals surface area contributed by atoms with Crippen molar-refractivity contribution in [2.75, 3.05) is 13.2 Å². The number of aryl methyl sites for hydroxylation is 1. The molecule has 0 unspecified atom stereocenters. The van der Waals surface area contributed by atoms with Crippen LogP contribution in [0, 0.1) is 6.92 Å². The number of ether oxygens (including phenoxy) is 1.